The molecule has 1 saturated heterocycles. The van der Waals surface area contributed by atoms with E-state index in [1.165, 1.54) is 18.4 Å². The Morgan fingerprint density at radius 3 is 2.12 bits per heavy atom. The molecule has 4 rings (SSSR count). The summed E-state index contributed by atoms with van der Waals surface area (Å²) in [5.74, 6) is -0.774. The Bertz CT molecular complexity index is 1030. The first-order valence-electron chi connectivity index (χ1n) is 11.6. The van der Waals surface area contributed by atoms with Gasteiger partial charge in [-0.15, -0.1) is 0 Å². The molecule has 1 aliphatic carbocycles. The van der Waals surface area contributed by atoms with E-state index >= 15 is 0 Å². The summed E-state index contributed by atoms with van der Waals surface area (Å²) in [4.78, 5) is 40.3. The molecule has 0 bridgehead atoms. The summed E-state index contributed by atoms with van der Waals surface area (Å²) in [6.07, 6.45) is 7.67. The van der Waals surface area contributed by atoms with E-state index in [1.54, 1.807) is 0 Å². The van der Waals surface area contributed by atoms with Crippen molar-refractivity contribution in [1.82, 2.24) is 15.5 Å². The summed E-state index contributed by atoms with van der Waals surface area (Å²) in [6.45, 7) is 4.15. The van der Waals surface area contributed by atoms with Gasteiger partial charge >= 0.3 is 6.03 Å². The molecule has 1 fully saturated rings. The molecule has 2 aliphatic rings. The summed E-state index contributed by atoms with van der Waals surface area (Å²) < 4.78 is 0. The molecule has 0 saturated carbocycles. The van der Waals surface area contributed by atoms with Crippen LogP contribution < -0.4 is 10.6 Å². The van der Waals surface area contributed by atoms with Gasteiger partial charge in [-0.1, -0.05) is 71.3 Å². The van der Waals surface area contributed by atoms with Crippen LogP contribution in [0.5, 0.6) is 0 Å². The molecule has 33 heavy (non-hydrogen) atoms. The molecule has 172 valence electrons. The van der Waals surface area contributed by atoms with Crippen LogP contribution in [0.1, 0.15) is 54.4 Å². The molecule has 0 atom stereocenters. The maximum Gasteiger partial charge on any atom is 0.326 e. The second-order valence-electron chi connectivity index (χ2n) is 9.01. The second kappa shape index (κ2) is 9.61. The van der Waals surface area contributed by atoms with Crippen molar-refractivity contribution in [3.05, 3.63) is 82.4 Å². The number of nitrogens with zero attached hydrogens (tertiary/aromatic N) is 1. The van der Waals surface area contributed by atoms with Crippen molar-refractivity contribution in [2.24, 2.45) is 0 Å². The van der Waals surface area contributed by atoms with Gasteiger partial charge in [-0.25, -0.2) is 4.79 Å². The van der Waals surface area contributed by atoms with Gasteiger partial charge in [0.25, 0.3) is 5.91 Å². The SMILES string of the molecule is Cc1ccc(C2(c3ccc(C)cc3)NC(=O)N(CC(=O)NCCC3=CCCCC3)C2=O)cc1. The number of allylic oxidation sites excluding steroid dienone is 1. The van der Waals surface area contributed by atoms with Crippen LogP contribution in [0.3, 0.4) is 0 Å². The van der Waals surface area contributed by atoms with Crippen LogP contribution in [0.4, 0.5) is 4.79 Å². The van der Waals surface area contributed by atoms with Gasteiger partial charge in [0.2, 0.25) is 5.91 Å². The monoisotopic (exact) mass is 445 g/mol. The van der Waals surface area contributed by atoms with Gasteiger partial charge in [-0.05, 0) is 57.1 Å². The standard InChI is InChI=1S/C27H31N3O3/c1-19-8-12-22(13-9-19)27(23-14-10-20(2)11-15-23)25(32)30(26(33)29-27)18-24(31)28-17-16-21-6-4-3-5-7-21/h6,8-15H,3-5,7,16-18H2,1-2H3,(H,28,31)(H,29,33). The fourth-order valence-electron chi connectivity index (χ4n) is 4.58. The number of rotatable bonds is 7. The van der Waals surface area contributed by atoms with Crippen molar-refractivity contribution in [3.8, 4) is 0 Å². The Morgan fingerprint density at radius 1 is 0.970 bits per heavy atom. The van der Waals surface area contributed by atoms with Gasteiger partial charge in [-0.3, -0.25) is 14.5 Å². The largest absolute Gasteiger partial charge is 0.354 e. The third kappa shape index (κ3) is 4.70. The van der Waals surface area contributed by atoms with Crippen molar-refractivity contribution >= 4 is 17.8 Å². The average Bonchev–Trinajstić information content (AvgIpc) is 3.06. The smallest absolute Gasteiger partial charge is 0.326 e. The molecule has 1 heterocycles. The van der Waals surface area contributed by atoms with E-state index in [0.29, 0.717) is 17.7 Å². The number of hydrogen-bond donors (Lipinski definition) is 2. The van der Waals surface area contributed by atoms with Crippen molar-refractivity contribution in [1.29, 1.82) is 0 Å². The Morgan fingerprint density at radius 2 is 1.58 bits per heavy atom. The van der Waals surface area contributed by atoms with Gasteiger partial charge in [0.15, 0.2) is 5.54 Å². The summed E-state index contributed by atoms with van der Waals surface area (Å²) in [5.41, 5.74) is 3.46. The molecular weight excluding hydrogens is 414 g/mol. The highest BCUT2D eigenvalue weighted by atomic mass is 16.2. The minimum absolute atomic E-state index is 0.302. The van der Waals surface area contributed by atoms with Crippen LogP contribution >= 0.6 is 0 Å². The first-order chi connectivity index (χ1) is 15.9. The van der Waals surface area contributed by atoms with Gasteiger partial charge in [0, 0.05) is 6.54 Å². The van der Waals surface area contributed by atoms with E-state index in [2.05, 4.69) is 16.7 Å². The number of carbonyl (C=O) groups is 3. The van der Waals surface area contributed by atoms with Gasteiger partial charge in [-0.2, -0.15) is 0 Å². The van der Waals surface area contributed by atoms with Crippen molar-refractivity contribution in [2.45, 2.75) is 51.5 Å². The highest BCUT2D eigenvalue weighted by molar-refractivity contribution is 6.11. The van der Waals surface area contributed by atoms with Crippen LogP contribution in [0, 0.1) is 13.8 Å². The molecule has 6 heteroatoms. The third-order valence-corrected chi connectivity index (χ3v) is 6.53. The number of urea groups is 1. The zero-order valence-corrected chi connectivity index (χ0v) is 19.3. The van der Waals surface area contributed by atoms with Crippen molar-refractivity contribution in [2.75, 3.05) is 13.1 Å². The van der Waals surface area contributed by atoms with Gasteiger partial charge in [0.05, 0.1) is 0 Å². The summed E-state index contributed by atoms with van der Waals surface area (Å²) >= 11 is 0. The molecule has 2 N–H and O–H groups in total. The number of hydrogen-bond acceptors (Lipinski definition) is 3. The average molecular weight is 446 g/mol. The zero-order chi connectivity index (χ0) is 23.4. The lowest BCUT2D eigenvalue weighted by atomic mass is 9.82. The number of aryl methyl sites for hydroxylation is 2. The molecular formula is C27H31N3O3. The zero-order valence-electron chi connectivity index (χ0n) is 19.3. The number of imide groups is 1. The van der Waals surface area contributed by atoms with Crippen LogP contribution in [-0.2, 0) is 15.1 Å². The lowest BCUT2D eigenvalue weighted by Gasteiger charge is -2.28. The Hall–Kier alpha value is -3.41. The molecule has 4 amide bonds. The fourth-order valence-corrected chi connectivity index (χ4v) is 4.58. The highest BCUT2D eigenvalue weighted by Gasteiger charge is 2.54. The van der Waals surface area contributed by atoms with Crippen LogP contribution in [0.15, 0.2) is 60.2 Å². The first kappa shape index (κ1) is 22.8. The van der Waals surface area contributed by atoms with Gasteiger partial charge < -0.3 is 10.6 Å². The van der Waals surface area contributed by atoms with E-state index in [1.807, 2.05) is 62.4 Å². The van der Waals surface area contributed by atoms with E-state index in [9.17, 15) is 14.4 Å². The predicted molar refractivity (Wildman–Crippen MR) is 128 cm³/mol. The van der Waals surface area contributed by atoms with E-state index in [4.69, 9.17) is 0 Å². The number of carbonyl (C=O) groups excluding carboxylic acids is 3. The Balaban J connectivity index is 1.53. The van der Waals surface area contributed by atoms with Crippen LogP contribution in [0.25, 0.3) is 0 Å². The lowest BCUT2D eigenvalue weighted by Crippen LogP contribution is -2.46. The van der Waals surface area contributed by atoms with Crippen LogP contribution in [0.2, 0.25) is 0 Å². The van der Waals surface area contributed by atoms with Crippen molar-refractivity contribution < 1.29 is 14.4 Å². The Labute approximate surface area is 195 Å². The molecule has 0 spiro atoms. The molecule has 0 radical (unpaired) electrons. The van der Waals surface area contributed by atoms with Crippen molar-refractivity contribution in [3.63, 3.8) is 0 Å². The minimum atomic E-state index is -1.36. The van der Waals surface area contributed by atoms with E-state index in [0.717, 1.165) is 35.3 Å². The molecule has 2 aromatic rings. The number of amides is 4. The predicted octanol–water partition coefficient (Wildman–Crippen LogP) is 4.11. The lowest BCUT2D eigenvalue weighted by molar-refractivity contribution is -0.134. The molecule has 6 nitrogen and oxygen atoms in total. The molecule has 2 aromatic carbocycles. The summed E-state index contributed by atoms with van der Waals surface area (Å²) in [7, 11) is 0. The van der Waals surface area contributed by atoms with Crippen LogP contribution in [-0.4, -0.2) is 35.8 Å². The molecule has 0 aromatic heterocycles. The van der Waals surface area contributed by atoms with E-state index in [-0.39, 0.29) is 12.5 Å². The topological polar surface area (TPSA) is 78.5 Å². The normalized spacial score (nSPS) is 17.5. The second-order valence-corrected chi connectivity index (χ2v) is 9.01. The minimum Gasteiger partial charge on any atom is -0.354 e. The quantitative estimate of drug-likeness (QED) is 0.497. The Kier molecular flexibility index (Phi) is 6.63. The van der Waals surface area contributed by atoms with E-state index < -0.39 is 17.5 Å². The first-order valence-corrected chi connectivity index (χ1v) is 11.6. The van der Waals surface area contributed by atoms with Gasteiger partial charge in [0.1, 0.15) is 6.54 Å². The summed E-state index contributed by atoms with van der Waals surface area (Å²) in [6, 6.07) is 14.5. The molecule has 1 aliphatic heterocycles. The summed E-state index contributed by atoms with van der Waals surface area (Å²) in [5, 5.41) is 5.77. The fraction of sp³-hybridized carbons (Fsp3) is 0.370. The maximum atomic E-state index is 13.7. The highest BCUT2D eigenvalue weighted by Crippen LogP contribution is 2.36. The maximum absolute atomic E-state index is 13.7. The number of benzene rings is 2. The molecule has 0 unspecified atom stereocenters. The third-order valence-electron chi connectivity index (χ3n) is 6.53. The number of nitrogens with one attached hydrogen (secondary N) is 2.